The fraction of sp³-hybridized carbons (Fsp3) is 0.435. The smallest absolute Gasteiger partial charge is 0.224 e. The Labute approximate surface area is 176 Å². The highest BCUT2D eigenvalue weighted by Crippen LogP contribution is 2.21. The predicted octanol–water partition coefficient (Wildman–Crippen LogP) is 3.78. The zero-order chi connectivity index (χ0) is 21.1. The normalized spacial score (nSPS) is 16.2. The lowest BCUT2D eigenvalue weighted by Gasteiger charge is -2.13. The van der Waals surface area contributed by atoms with Crippen LogP contribution in [0.3, 0.4) is 0 Å². The van der Waals surface area contributed by atoms with Gasteiger partial charge in [-0.15, -0.1) is 0 Å². The zero-order valence-electron chi connectivity index (χ0n) is 17.8. The van der Waals surface area contributed by atoms with Gasteiger partial charge >= 0.3 is 0 Å². The molecule has 7 heteroatoms. The first-order valence-corrected chi connectivity index (χ1v) is 10.5. The lowest BCUT2D eigenvalue weighted by atomic mass is 10.1. The van der Waals surface area contributed by atoms with Crippen molar-refractivity contribution in [3.05, 3.63) is 53.0 Å². The Bertz CT molecular complexity index is 1050. The predicted molar refractivity (Wildman–Crippen MR) is 115 cm³/mol. The Balaban J connectivity index is 1.36. The number of ether oxygens (including phenoxy) is 2. The summed E-state index contributed by atoms with van der Waals surface area (Å²) in [5.74, 6) is 0.695. The van der Waals surface area contributed by atoms with E-state index in [0.29, 0.717) is 19.4 Å². The molecule has 1 saturated heterocycles. The molecule has 1 fully saturated rings. The number of hydrogen-bond donors (Lipinski definition) is 1. The van der Waals surface area contributed by atoms with Crippen molar-refractivity contribution >= 4 is 17.2 Å². The SMILES string of the molecule is Cc1cc2nc(C)c(CCC(=O)Nc3cccc(OC[C@H]4CCCO4)c3)c(C)n2n1. The Kier molecular flexibility index (Phi) is 5.99. The number of benzene rings is 1. The van der Waals surface area contributed by atoms with Gasteiger partial charge in [-0.3, -0.25) is 4.79 Å². The van der Waals surface area contributed by atoms with Gasteiger partial charge in [0, 0.05) is 42.2 Å². The highest BCUT2D eigenvalue weighted by atomic mass is 16.5. The molecule has 1 atom stereocenters. The number of carbonyl (C=O) groups excluding carboxylic acids is 1. The third-order valence-electron chi connectivity index (χ3n) is 5.47. The maximum atomic E-state index is 12.5. The minimum atomic E-state index is -0.0400. The summed E-state index contributed by atoms with van der Waals surface area (Å²) in [4.78, 5) is 17.2. The fourth-order valence-electron chi connectivity index (χ4n) is 3.89. The first kappa shape index (κ1) is 20.3. The number of amides is 1. The summed E-state index contributed by atoms with van der Waals surface area (Å²) in [7, 11) is 0. The van der Waals surface area contributed by atoms with Crippen LogP contribution in [-0.4, -0.2) is 39.8 Å². The summed E-state index contributed by atoms with van der Waals surface area (Å²) >= 11 is 0. The molecule has 2 aromatic heterocycles. The van der Waals surface area contributed by atoms with Crippen LogP contribution in [-0.2, 0) is 16.0 Å². The van der Waals surface area contributed by atoms with Gasteiger partial charge in [-0.25, -0.2) is 9.50 Å². The Morgan fingerprint density at radius 3 is 2.97 bits per heavy atom. The number of rotatable bonds is 7. The number of aromatic nitrogens is 3. The van der Waals surface area contributed by atoms with E-state index >= 15 is 0 Å². The summed E-state index contributed by atoms with van der Waals surface area (Å²) in [6.45, 7) is 7.31. The first-order valence-electron chi connectivity index (χ1n) is 10.5. The van der Waals surface area contributed by atoms with Gasteiger partial charge in [-0.2, -0.15) is 5.10 Å². The van der Waals surface area contributed by atoms with Gasteiger partial charge < -0.3 is 14.8 Å². The number of nitrogens with one attached hydrogen (secondary N) is 1. The monoisotopic (exact) mass is 408 g/mol. The summed E-state index contributed by atoms with van der Waals surface area (Å²) < 4.78 is 13.3. The van der Waals surface area contributed by atoms with E-state index in [4.69, 9.17) is 9.47 Å². The van der Waals surface area contributed by atoms with Crippen molar-refractivity contribution in [3.8, 4) is 5.75 Å². The van der Waals surface area contributed by atoms with E-state index in [9.17, 15) is 4.79 Å². The third-order valence-corrected chi connectivity index (χ3v) is 5.47. The van der Waals surface area contributed by atoms with Gasteiger partial charge in [-0.05, 0) is 57.7 Å². The number of carbonyl (C=O) groups is 1. The van der Waals surface area contributed by atoms with E-state index in [0.717, 1.165) is 59.2 Å². The van der Waals surface area contributed by atoms with Gasteiger partial charge in [0.15, 0.2) is 5.65 Å². The van der Waals surface area contributed by atoms with Crippen LogP contribution < -0.4 is 10.1 Å². The second-order valence-corrected chi connectivity index (χ2v) is 7.84. The van der Waals surface area contributed by atoms with E-state index in [1.165, 1.54) is 0 Å². The molecule has 0 aliphatic carbocycles. The molecule has 158 valence electrons. The molecular weight excluding hydrogens is 380 g/mol. The third kappa shape index (κ3) is 4.62. The van der Waals surface area contributed by atoms with Crippen LogP contribution in [0.2, 0.25) is 0 Å². The average molecular weight is 409 g/mol. The second kappa shape index (κ2) is 8.83. The standard InChI is InChI=1S/C23H28N4O3/c1-15-12-22-24-16(2)21(17(3)27(22)26-15)9-10-23(28)25-18-6-4-7-19(13-18)30-14-20-8-5-11-29-20/h4,6-7,12-13,20H,5,8-11,14H2,1-3H3,(H,25,28)/t20-/m1/s1. The van der Waals surface area contributed by atoms with Crippen LogP contribution in [0.1, 0.15) is 41.9 Å². The van der Waals surface area contributed by atoms with Crippen molar-refractivity contribution in [1.29, 1.82) is 0 Å². The summed E-state index contributed by atoms with van der Waals surface area (Å²) in [5, 5.41) is 7.46. The van der Waals surface area contributed by atoms with Crippen molar-refractivity contribution < 1.29 is 14.3 Å². The van der Waals surface area contributed by atoms with Crippen LogP contribution in [0.15, 0.2) is 30.3 Å². The molecule has 7 nitrogen and oxygen atoms in total. The Morgan fingerprint density at radius 1 is 1.30 bits per heavy atom. The Morgan fingerprint density at radius 2 is 2.17 bits per heavy atom. The molecule has 0 radical (unpaired) electrons. The summed E-state index contributed by atoms with van der Waals surface area (Å²) in [5.41, 5.74) is 5.54. The van der Waals surface area contributed by atoms with Crippen LogP contribution in [0.25, 0.3) is 5.65 Å². The van der Waals surface area contributed by atoms with Gasteiger partial charge in [0.25, 0.3) is 0 Å². The molecular formula is C23H28N4O3. The maximum absolute atomic E-state index is 12.5. The molecule has 1 aromatic carbocycles. The molecule has 1 amide bonds. The van der Waals surface area contributed by atoms with Crippen molar-refractivity contribution in [2.45, 2.75) is 52.6 Å². The number of hydrogen-bond acceptors (Lipinski definition) is 5. The zero-order valence-corrected chi connectivity index (χ0v) is 17.8. The lowest BCUT2D eigenvalue weighted by molar-refractivity contribution is -0.116. The molecule has 30 heavy (non-hydrogen) atoms. The quantitative estimate of drug-likeness (QED) is 0.644. The van der Waals surface area contributed by atoms with Crippen LogP contribution in [0.4, 0.5) is 5.69 Å². The van der Waals surface area contributed by atoms with E-state index < -0.39 is 0 Å². The minimum Gasteiger partial charge on any atom is -0.491 e. The molecule has 4 rings (SSSR count). The second-order valence-electron chi connectivity index (χ2n) is 7.84. The lowest BCUT2D eigenvalue weighted by Crippen LogP contribution is -2.16. The van der Waals surface area contributed by atoms with E-state index in [2.05, 4.69) is 15.4 Å². The molecule has 0 saturated carbocycles. The summed E-state index contributed by atoms with van der Waals surface area (Å²) in [6, 6.07) is 9.46. The van der Waals surface area contributed by atoms with Crippen molar-refractivity contribution in [2.24, 2.45) is 0 Å². The van der Waals surface area contributed by atoms with Gasteiger partial charge in [-0.1, -0.05) is 6.07 Å². The topological polar surface area (TPSA) is 77.8 Å². The number of nitrogens with zero attached hydrogens (tertiary/aromatic N) is 3. The fourth-order valence-corrected chi connectivity index (χ4v) is 3.89. The van der Waals surface area contributed by atoms with Crippen LogP contribution in [0.5, 0.6) is 5.75 Å². The highest BCUT2D eigenvalue weighted by molar-refractivity contribution is 5.91. The maximum Gasteiger partial charge on any atom is 0.224 e. The molecule has 1 N–H and O–H groups in total. The minimum absolute atomic E-state index is 0.0400. The number of anilines is 1. The van der Waals surface area contributed by atoms with E-state index in [-0.39, 0.29) is 12.0 Å². The molecule has 0 spiro atoms. The molecule has 3 aromatic rings. The average Bonchev–Trinajstić information content (AvgIpc) is 3.36. The van der Waals surface area contributed by atoms with Crippen LogP contribution in [0, 0.1) is 20.8 Å². The Hall–Kier alpha value is -2.93. The van der Waals surface area contributed by atoms with Crippen molar-refractivity contribution in [2.75, 3.05) is 18.5 Å². The first-order chi connectivity index (χ1) is 14.5. The molecule has 1 aliphatic rings. The highest BCUT2D eigenvalue weighted by Gasteiger charge is 2.16. The van der Waals surface area contributed by atoms with Crippen molar-refractivity contribution in [3.63, 3.8) is 0 Å². The molecule has 0 bridgehead atoms. The van der Waals surface area contributed by atoms with Gasteiger partial charge in [0.05, 0.1) is 11.8 Å². The van der Waals surface area contributed by atoms with Gasteiger partial charge in [0.2, 0.25) is 5.91 Å². The van der Waals surface area contributed by atoms with E-state index in [1.807, 2.05) is 55.6 Å². The number of aryl methyl sites for hydroxylation is 3. The van der Waals surface area contributed by atoms with E-state index in [1.54, 1.807) is 0 Å². The molecule has 3 heterocycles. The van der Waals surface area contributed by atoms with Crippen LogP contribution >= 0.6 is 0 Å². The molecule has 1 aliphatic heterocycles. The van der Waals surface area contributed by atoms with Gasteiger partial charge in [0.1, 0.15) is 12.4 Å². The molecule has 0 unspecified atom stereocenters. The summed E-state index contributed by atoms with van der Waals surface area (Å²) in [6.07, 6.45) is 3.27. The largest absolute Gasteiger partial charge is 0.491 e. The van der Waals surface area contributed by atoms with Crippen molar-refractivity contribution in [1.82, 2.24) is 14.6 Å². The number of fused-ring (bicyclic) bond motifs is 1.